The van der Waals surface area contributed by atoms with Crippen molar-refractivity contribution in [3.05, 3.63) is 59.8 Å². The second-order valence-electron chi connectivity index (χ2n) is 7.30. The molecule has 0 bridgehead atoms. The highest BCUT2D eigenvalue weighted by atomic mass is 16.5. The van der Waals surface area contributed by atoms with Gasteiger partial charge in [0.1, 0.15) is 5.82 Å². The van der Waals surface area contributed by atoms with E-state index in [1.165, 1.54) is 5.56 Å². The number of likely N-dealkylation sites (tertiary alicyclic amines) is 1. The highest BCUT2D eigenvalue weighted by Crippen LogP contribution is 2.32. The third kappa shape index (κ3) is 3.44. The first-order valence-corrected chi connectivity index (χ1v) is 9.31. The van der Waals surface area contributed by atoms with E-state index in [2.05, 4.69) is 16.0 Å². The molecule has 2 aliphatic heterocycles. The fraction of sp³-hybridized carbons (Fsp3) is 0.429. The van der Waals surface area contributed by atoms with Gasteiger partial charge in [0.2, 0.25) is 0 Å². The van der Waals surface area contributed by atoms with Crippen LogP contribution in [-0.2, 0) is 4.74 Å². The number of hydrogen-bond donors (Lipinski definition) is 0. The van der Waals surface area contributed by atoms with Crippen LogP contribution < -0.4 is 4.90 Å². The van der Waals surface area contributed by atoms with Gasteiger partial charge in [-0.2, -0.15) is 0 Å². The summed E-state index contributed by atoms with van der Waals surface area (Å²) in [7, 11) is 0. The zero-order valence-corrected chi connectivity index (χ0v) is 15.2. The lowest BCUT2D eigenvalue weighted by atomic mass is 9.89. The van der Waals surface area contributed by atoms with Crippen LogP contribution >= 0.6 is 0 Å². The van der Waals surface area contributed by atoms with Gasteiger partial charge in [0.05, 0.1) is 12.2 Å². The Balaban J connectivity index is 1.41. The zero-order valence-electron chi connectivity index (χ0n) is 15.2. The number of amides is 1. The summed E-state index contributed by atoms with van der Waals surface area (Å²) in [6.45, 7) is 5.93. The molecule has 5 nitrogen and oxygen atoms in total. The van der Waals surface area contributed by atoms with E-state index < -0.39 is 0 Å². The highest BCUT2D eigenvalue weighted by Gasteiger charge is 2.41. The lowest BCUT2D eigenvalue weighted by Gasteiger charge is -2.47. The monoisotopic (exact) mass is 351 g/mol. The first-order chi connectivity index (χ1) is 12.7. The van der Waals surface area contributed by atoms with Crippen LogP contribution in [0, 0.1) is 6.92 Å². The number of benzene rings is 1. The van der Waals surface area contributed by atoms with E-state index in [9.17, 15) is 4.79 Å². The predicted octanol–water partition coefficient (Wildman–Crippen LogP) is 2.90. The van der Waals surface area contributed by atoms with Gasteiger partial charge in [0, 0.05) is 37.9 Å². The molecule has 2 saturated heterocycles. The van der Waals surface area contributed by atoms with Crippen molar-refractivity contribution in [1.29, 1.82) is 0 Å². The molecule has 136 valence electrons. The van der Waals surface area contributed by atoms with E-state index in [1.807, 2.05) is 54.4 Å². The number of rotatable bonds is 2. The van der Waals surface area contributed by atoms with Gasteiger partial charge in [-0.15, -0.1) is 0 Å². The second kappa shape index (κ2) is 7.08. The van der Waals surface area contributed by atoms with Crippen LogP contribution in [0.4, 0.5) is 5.82 Å². The van der Waals surface area contributed by atoms with Crippen LogP contribution in [0.1, 0.15) is 28.8 Å². The molecule has 0 aliphatic carbocycles. The Labute approximate surface area is 154 Å². The molecule has 0 unspecified atom stereocenters. The molecule has 2 fully saturated rings. The summed E-state index contributed by atoms with van der Waals surface area (Å²) in [5.74, 6) is 1.13. The maximum atomic E-state index is 12.7. The van der Waals surface area contributed by atoms with Crippen molar-refractivity contribution in [2.24, 2.45) is 0 Å². The zero-order chi connectivity index (χ0) is 18.0. The van der Waals surface area contributed by atoms with Crippen molar-refractivity contribution in [3.63, 3.8) is 0 Å². The maximum absolute atomic E-state index is 12.7. The number of aryl methyl sites for hydroxylation is 1. The molecule has 1 aromatic carbocycles. The first-order valence-electron chi connectivity index (χ1n) is 9.31. The van der Waals surface area contributed by atoms with Crippen LogP contribution in [-0.4, -0.2) is 54.2 Å². The molecule has 0 saturated carbocycles. The molecule has 0 atom stereocenters. The van der Waals surface area contributed by atoms with Crippen molar-refractivity contribution in [1.82, 2.24) is 9.88 Å². The van der Waals surface area contributed by atoms with Gasteiger partial charge in [-0.3, -0.25) is 4.79 Å². The molecule has 3 heterocycles. The van der Waals surface area contributed by atoms with Gasteiger partial charge in [0.15, 0.2) is 0 Å². The Morgan fingerprint density at radius 2 is 1.85 bits per heavy atom. The molecule has 4 rings (SSSR count). The Morgan fingerprint density at radius 1 is 1.08 bits per heavy atom. The molecule has 5 heteroatoms. The number of pyridine rings is 1. The van der Waals surface area contributed by atoms with Crippen LogP contribution in [0.15, 0.2) is 48.7 Å². The van der Waals surface area contributed by atoms with Crippen molar-refractivity contribution in [3.8, 4) is 0 Å². The number of hydrogen-bond acceptors (Lipinski definition) is 4. The van der Waals surface area contributed by atoms with Crippen LogP contribution in [0.25, 0.3) is 0 Å². The first kappa shape index (κ1) is 17.0. The molecule has 1 aromatic heterocycles. The lowest BCUT2D eigenvalue weighted by Crippen LogP contribution is -2.57. The van der Waals surface area contributed by atoms with Gasteiger partial charge in [-0.25, -0.2) is 4.98 Å². The molecule has 2 aliphatic rings. The van der Waals surface area contributed by atoms with Gasteiger partial charge in [0.25, 0.3) is 5.91 Å². The summed E-state index contributed by atoms with van der Waals surface area (Å²) in [6.07, 6.45) is 3.57. The summed E-state index contributed by atoms with van der Waals surface area (Å²) in [6, 6.07) is 13.8. The van der Waals surface area contributed by atoms with Crippen molar-refractivity contribution < 1.29 is 9.53 Å². The Hall–Kier alpha value is -2.40. The summed E-state index contributed by atoms with van der Waals surface area (Å²) >= 11 is 0. The fourth-order valence-electron chi connectivity index (χ4n) is 3.88. The average molecular weight is 351 g/mol. The van der Waals surface area contributed by atoms with E-state index in [0.29, 0.717) is 6.61 Å². The Bertz CT molecular complexity index is 753. The van der Waals surface area contributed by atoms with E-state index in [1.54, 1.807) is 0 Å². The Kier molecular flexibility index (Phi) is 4.64. The van der Waals surface area contributed by atoms with Crippen LogP contribution in [0.3, 0.4) is 0 Å². The van der Waals surface area contributed by atoms with E-state index in [4.69, 9.17) is 4.74 Å². The lowest BCUT2D eigenvalue weighted by molar-refractivity contribution is -0.0870. The highest BCUT2D eigenvalue weighted by molar-refractivity contribution is 5.94. The van der Waals surface area contributed by atoms with Crippen LogP contribution in [0.5, 0.6) is 0 Å². The van der Waals surface area contributed by atoms with Gasteiger partial charge in [-0.05, 0) is 44.0 Å². The fourth-order valence-corrected chi connectivity index (χ4v) is 3.88. The van der Waals surface area contributed by atoms with Gasteiger partial charge < -0.3 is 14.5 Å². The smallest absolute Gasteiger partial charge is 0.253 e. The number of aromatic nitrogens is 1. The molecule has 1 amide bonds. The number of morpholine rings is 1. The molecule has 0 N–H and O–H groups in total. The second-order valence-corrected chi connectivity index (χ2v) is 7.30. The number of carbonyl (C=O) groups excluding carboxylic acids is 1. The minimum atomic E-state index is -0.167. The minimum Gasteiger partial charge on any atom is -0.371 e. The summed E-state index contributed by atoms with van der Waals surface area (Å²) in [5.41, 5.74) is 1.77. The number of anilines is 1. The number of carbonyl (C=O) groups is 1. The normalized spacial score (nSPS) is 19.6. The Morgan fingerprint density at radius 3 is 2.54 bits per heavy atom. The molecular weight excluding hydrogens is 326 g/mol. The minimum absolute atomic E-state index is 0.122. The molecule has 0 radical (unpaired) electrons. The van der Waals surface area contributed by atoms with Gasteiger partial charge in [-0.1, -0.05) is 23.8 Å². The SMILES string of the molecule is Cc1ccc(C(=O)N2CCC3(CC2)CN(c2ccccn2)CCO3)cc1. The van der Waals surface area contributed by atoms with Crippen molar-refractivity contribution in [2.45, 2.75) is 25.4 Å². The van der Waals surface area contributed by atoms with Gasteiger partial charge >= 0.3 is 0 Å². The average Bonchev–Trinajstić information content (AvgIpc) is 2.69. The third-order valence-electron chi connectivity index (χ3n) is 5.48. The topological polar surface area (TPSA) is 45.7 Å². The van der Waals surface area contributed by atoms with E-state index >= 15 is 0 Å². The quantitative estimate of drug-likeness (QED) is 0.835. The largest absolute Gasteiger partial charge is 0.371 e. The standard InChI is InChI=1S/C21H25N3O2/c1-17-5-7-18(8-6-17)20(25)23-12-9-21(10-13-23)16-24(14-15-26-21)19-4-2-3-11-22-19/h2-8,11H,9-10,12-16H2,1H3. The number of ether oxygens (including phenoxy) is 1. The maximum Gasteiger partial charge on any atom is 0.253 e. The summed E-state index contributed by atoms with van der Waals surface area (Å²) in [4.78, 5) is 21.5. The molecule has 26 heavy (non-hydrogen) atoms. The van der Waals surface area contributed by atoms with Crippen LogP contribution in [0.2, 0.25) is 0 Å². The number of nitrogens with zero attached hydrogens (tertiary/aromatic N) is 3. The summed E-state index contributed by atoms with van der Waals surface area (Å²) in [5, 5.41) is 0. The van der Waals surface area contributed by atoms with Crippen molar-refractivity contribution in [2.75, 3.05) is 37.7 Å². The van der Waals surface area contributed by atoms with E-state index in [0.717, 1.165) is 50.4 Å². The molecule has 2 aromatic rings. The number of piperidine rings is 1. The summed E-state index contributed by atoms with van der Waals surface area (Å²) < 4.78 is 6.20. The molecule has 1 spiro atoms. The van der Waals surface area contributed by atoms with Crippen molar-refractivity contribution >= 4 is 11.7 Å². The predicted molar refractivity (Wildman–Crippen MR) is 101 cm³/mol. The third-order valence-corrected chi connectivity index (χ3v) is 5.48. The molecular formula is C21H25N3O2. The van der Waals surface area contributed by atoms with E-state index in [-0.39, 0.29) is 11.5 Å².